The zero-order valence-electron chi connectivity index (χ0n) is 9.70. The predicted octanol–water partition coefficient (Wildman–Crippen LogP) is 2.91. The highest BCUT2D eigenvalue weighted by atomic mass is 32.2. The molecule has 0 saturated heterocycles. The monoisotopic (exact) mass is 282 g/mol. The summed E-state index contributed by atoms with van der Waals surface area (Å²) in [5.41, 5.74) is 0.0169. The molecule has 0 heterocycles. The van der Waals surface area contributed by atoms with Gasteiger partial charge in [0, 0.05) is 5.56 Å². The largest absolute Gasteiger partial charge is 0.573 e. The first-order chi connectivity index (χ1) is 8.23. The average molecular weight is 282 g/mol. The second-order valence-electron chi connectivity index (χ2n) is 3.75. The second-order valence-corrected chi connectivity index (χ2v) is 5.93. The second kappa shape index (κ2) is 5.60. The van der Waals surface area contributed by atoms with Gasteiger partial charge in [0.2, 0.25) is 0 Å². The first-order valence-electron chi connectivity index (χ1n) is 5.27. The van der Waals surface area contributed by atoms with E-state index in [2.05, 4.69) is 4.74 Å². The molecule has 0 radical (unpaired) electrons. The highest BCUT2D eigenvalue weighted by Crippen LogP contribution is 2.27. The molecule has 0 saturated carbocycles. The summed E-state index contributed by atoms with van der Waals surface area (Å²) in [6.07, 6.45) is -4.41. The summed E-state index contributed by atoms with van der Waals surface area (Å²) in [5, 5.41) is 0. The van der Waals surface area contributed by atoms with E-state index in [1.165, 1.54) is 18.2 Å². The standard InChI is InChI=1S/C11H13F3O3S/c1-2-7-18(15,16)8-9-5-3-4-6-10(9)17-11(12,13)14/h3-6H,2,7-8H2,1H3. The van der Waals surface area contributed by atoms with Gasteiger partial charge in [0.05, 0.1) is 11.5 Å². The Bertz CT molecular complexity index is 495. The van der Waals surface area contributed by atoms with Crippen LogP contribution in [0.2, 0.25) is 0 Å². The van der Waals surface area contributed by atoms with Crippen molar-refractivity contribution in [2.24, 2.45) is 0 Å². The highest BCUT2D eigenvalue weighted by Gasteiger charge is 2.32. The minimum absolute atomic E-state index is 0.0169. The Morgan fingerprint density at radius 1 is 1.22 bits per heavy atom. The van der Waals surface area contributed by atoms with Crippen molar-refractivity contribution in [3.8, 4) is 5.75 Å². The first-order valence-corrected chi connectivity index (χ1v) is 7.10. The van der Waals surface area contributed by atoms with Gasteiger partial charge in [-0.1, -0.05) is 25.1 Å². The van der Waals surface area contributed by atoms with Crippen LogP contribution in [0, 0.1) is 0 Å². The lowest BCUT2D eigenvalue weighted by Gasteiger charge is -2.13. The third-order valence-electron chi connectivity index (χ3n) is 2.09. The molecule has 0 aromatic heterocycles. The van der Waals surface area contributed by atoms with Crippen LogP contribution in [0.1, 0.15) is 18.9 Å². The molecule has 102 valence electrons. The van der Waals surface area contributed by atoms with E-state index in [1.54, 1.807) is 6.92 Å². The third kappa shape index (κ3) is 4.95. The van der Waals surface area contributed by atoms with Crippen LogP contribution in [-0.4, -0.2) is 20.5 Å². The fraction of sp³-hybridized carbons (Fsp3) is 0.455. The molecule has 1 aromatic carbocycles. The molecule has 1 aromatic rings. The number of alkyl halides is 3. The molecule has 0 spiro atoms. The molecule has 3 nitrogen and oxygen atoms in total. The van der Waals surface area contributed by atoms with Crippen molar-refractivity contribution >= 4 is 9.84 Å². The molecule has 0 aliphatic carbocycles. The number of hydrogen-bond donors (Lipinski definition) is 0. The van der Waals surface area contributed by atoms with Gasteiger partial charge < -0.3 is 4.74 Å². The Balaban J connectivity index is 2.96. The molecular weight excluding hydrogens is 269 g/mol. The third-order valence-corrected chi connectivity index (χ3v) is 3.87. The van der Waals surface area contributed by atoms with E-state index in [-0.39, 0.29) is 11.3 Å². The molecule has 0 aliphatic heterocycles. The van der Waals surface area contributed by atoms with Crippen LogP contribution >= 0.6 is 0 Å². The lowest BCUT2D eigenvalue weighted by Crippen LogP contribution is -2.19. The van der Waals surface area contributed by atoms with Crippen LogP contribution in [0.15, 0.2) is 24.3 Å². The normalized spacial score (nSPS) is 12.4. The Morgan fingerprint density at radius 3 is 2.39 bits per heavy atom. The Morgan fingerprint density at radius 2 is 1.83 bits per heavy atom. The summed E-state index contributed by atoms with van der Waals surface area (Å²) >= 11 is 0. The summed E-state index contributed by atoms with van der Waals surface area (Å²) in [4.78, 5) is 0. The lowest BCUT2D eigenvalue weighted by atomic mass is 10.2. The van der Waals surface area contributed by atoms with Crippen molar-refractivity contribution in [3.05, 3.63) is 29.8 Å². The van der Waals surface area contributed by atoms with Gasteiger partial charge in [-0.3, -0.25) is 0 Å². The van der Waals surface area contributed by atoms with Crippen molar-refractivity contribution in [2.45, 2.75) is 25.5 Å². The van der Waals surface area contributed by atoms with E-state index < -0.39 is 27.7 Å². The molecule has 0 N–H and O–H groups in total. The van der Waals surface area contributed by atoms with Crippen LogP contribution in [-0.2, 0) is 15.6 Å². The van der Waals surface area contributed by atoms with Crippen molar-refractivity contribution in [3.63, 3.8) is 0 Å². The van der Waals surface area contributed by atoms with Gasteiger partial charge in [0.1, 0.15) is 5.75 Å². The summed E-state index contributed by atoms with van der Waals surface area (Å²) in [6, 6.07) is 5.25. The zero-order valence-corrected chi connectivity index (χ0v) is 10.5. The van der Waals surface area contributed by atoms with Crippen LogP contribution < -0.4 is 4.74 Å². The van der Waals surface area contributed by atoms with E-state index in [9.17, 15) is 21.6 Å². The van der Waals surface area contributed by atoms with Crippen LogP contribution in [0.3, 0.4) is 0 Å². The van der Waals surface area contributed by atoms with Crippen LogP contribution in [0.25, 0.3) is 0 Å². The maximum atomic E-state index is 12.1. The van der Waals surface area contributed by atoms with E-state index in [0.717, 1.165) is 6.07 Å². The van der Waals surface area contributed by atoms with Gasteiger partial charge in [0.15, 0.2) is 9.84 Å². The summed E-state index contributed by atoms with van der Waals surface area (Å²) in [5.74, 6) is -0.981. The van der Waals surface area contributed by atoms with Crippen molar-refractivity contribution in [2.75, 3.05) is 5.75 Å². The summed E-state index contributed by atoms with van der Waals surface area (Å²) in [6.45, 7) is 1.69. The number of ether oxygens (including phenoxy) is 1. The van der Waals surface area contributed by atoms with E-state index >= 15 is 0 Å². The van der Waals surface area contributed by atoms with Gasteiger partial charge in [-0.15, -0.1) is 13.2 Å². The molecule has 0 fully saturated rings. The topological polar surface area (TPSA) is 43.4 Å². The fourth-order valence-electron chi connectivity index (χ4n) is 1.47. The van der Waals surface area contributed by atoms with E-state index in [0.29, 0.717) is 6.42 Å². The average Bonchev–Trinajstić information content (AvgIpc) is 2.18. The Hall–Kier alpha value is -1.24. The zero-order chi connectivity index (χ0) is 13.8. The SMILES string of the molecule is CCCS(=O)(=O)Cc1ccccc1OC(F)(F)F. The quantitative estimate of drug-likeness (QED) is 0.834. The van der Waals surface area contributed by atoms with Crippen molar-refractivity contribution in [1.82, 2.24) is 0 Å². The van der Waals surface area contributed by atoms with Gasteiger partial charge in [-0.25, -0.2) is 8.42 Å². The summed E-state index contributed by atoms with van der Waals surface area (Å²) in [7, 11) is -3.41. The van der Waals surface area contributed by atoms with E-state index in [1.807, 2.05) is 0 Å². The van der Waals surface area contributed by atoms with Gasteiger partial charge in [-0.05, 0) is 12.5 Å². The predicted molar refractivity (Wildman–Crippen MR) is 60.9 cm³/mol. The Kier molecular flexibility index (Phi) is 4.61. The maximum absolute atomic E-state index is 12.1. The number of benzene rings is 1. The van der Waals surface area contributed by atoms with Gasteiger partial charge in [0.25, 0.3) is 0 Å². The maximum Gasteiger partial charge on any atom is 0.573 e. The fourth-order valence-corrected chi connectivity index (χ4v) is 2.95. The molecule has 0 unspecified atom stereocenters. The molecule has 0 atom stereocenters. The smallest absolute Gasteiger partial charge is 0.405 e. The minimum Gasteiger partial charge on any atom is -0.405 e. The van der Waals surface area contributed by atoms with Gasteiger partial charge in [-0.2, -0.15) is 0 Å². The minimum atomic E-state index is -4.83. The van der Waals surface area contributed by atoms with Crippen LogP contribution in [0.4, 0.5) is 13.2 Å². The van der Waals surface area contributed by atoms with Crippen LogP contribution in [0.5, 0.6) is 5.75 Å². The van der Waals surface area contributed by atoms with Crippen molar-refractivity contribution < 1.29 is 26.3 Å². The molecule has 0 aliphatic rings. The number of hydrogen-bond acceptors (Lipinski definition) is 3. The van der Waals surface area contributed by atoms with Crippen molar-refractivity contribution in [1.29, 1.82) is 0 Å². The first kappa shape index (κ1) is 14.8. The molecule has 18 heavy (non-hydrogen) atoms. The highest BCUT2D eigenvalue weighted by molar-refractivity contribution is 7.90. The molecule has 0 bridgehead atoms. The van der Waals surface area contributed by atoms with E-state index in [4.69, 9.17) is 0 Å². The molecule has 7 heteroatoms. The Labute approximate surface area is 103 Å². The van der Waals surface area contributed by atoms with Gasteiger partial charge >= 0.3 is 6.36 Å². The summed E-state index contributed by atoms with van der Waals surface area (Å²) < 4.78 is 63.3. The number of halogens is 3. The number of sulfone groups is 1. The number of para-hydroxylation sites is 1. The number of rotatable bonds is 5. The lowest BCUT2D eigenvalue weighted by molar-refractivity contribution is -0.274. The molecule has 0 amide bonds. The molecule has 1 rings (SSSR count). The molecular formula is C11H13F3O3S.